The summed E-state index contributed by atoms with van der Waals surface area (Å²) in [6.45, 7) is -0.0762. The molecule has 0 bridgehead atoms. The number of carbonyl (C=O) groups is 1. The number of esters is 1. The molecule has 166 valence electrons. The summed E-state index contributed by atoms with van der Waals surface area (Å²) in [6.07, 6.45) is 3.83. The molecule has 32 heavy (non-hydrogen) atoms. The average molecular weight is 511 g/mol. The van der Waals surface area contributed by atoms with Crippen molar-refractivity contribution in [2.24, 2.45) is 0 Å². The molecular weight excluding hydrogens is 483 g/mol. The van der Waals surface area contributed by atoms with Crippen molar-refractivity contribution < 1.29 is 14.3 Å². The SMILES string of the molecule is COC(=O)COC1=C(P(Br)(c2ccccc2)(c2ccccc2)c2ccccc2)CCCC1. The van der Waals surface area contributed by atoms with E-state index in [9.17, 15) is 4.79 Å². The van der Waals surface area contributed by atoms with Gasteiger partial charge in [0.1, 0.15) is 0 Å². The minimum atomic E-state index is -3.28. The van der Waals surface area contributed by atoms with E-state index < -0.39 is 5.31 Å². The van der Waals surface area contributed by atoms with E-state index in [-0.39, 0.29) is 12.6 Å². The zero-order valence-electron chi connectivity index (χ0n) is 18.2. The van der Waals surface area contributed by atoms with Crippen LogP contribution >= 0.6 is 20.8 Å². The third-order valence-electron chi connectivity index (χ3n) is 6.21. The van der Waals surface area contributed by atoms with Gasteiger partial charge in [0.25, 0.3) is 0 Å². The van der Waals surface area contributed by atoms with E-state index >= 15 is 0 Å². The number of carbonyl (C=O) groups excluding carboxylic acids is 1. The molecule has 0 saturated carbocycles. The van der Waals surface area contributed by atoms with Gasteiger partial charge >= 0.3 is 198 Å². The monoisotopic (exact) mass is 510 g/mol. The van der Waals surface area contributed by atoms with Crippen molar-refractivity contribution in [3.8, 4) is 0 Å². The summed E-state index contributed by atoms with van der Waals surface area (Å²) in [6, 6.07) is 32.0. The van der Waals surface area contributed by atoms with Gasteiger partial charge in [0.15, 0.2) is 0 Å². The molecule has 4 rings (SSSR count). The molecule has 0 aromatic heterocycles. The van der Waals surface area contributed by atoms with Crippen molar-refractivity contribution in [3.63, 3.8) is 0 Å². The van der Waals surface area contributed by atoms with Crippen molar-refractivity contribution in [1.29, 1.82) is 0 Å². The first-order chi connectivity index (χ1) is 15.6. The van der Waals surface area contributed by atoms with Crippen LogP contribution in [0.5, 0.6) is 0 Å². The summed E-state index contributed by atoms with van der Waals surface area (Å²) < 4.78 is 11.0. The molecule has 0 aliphatic heterocycles. The van der Waals surface area contributed by atoms with Crippen molar-refractivity contribution in [1.82, 2.24) is 0 Å². The predicted molar refractivity (Wildman–Crippen MR) is 138 cm³/mol. The van der Waals surface area contributed by atoms with Crippen LogP contribution in [-0.4, -0.2) is 19.7 Å². The van der Waals surface area contributed by atoms with E-state index in [4.69, 9.17) is 9.47 Å². The number of ether oxygens (including phenoxy) is 2. The van der Waals surface area contributed by atoms with Crippen molar-refractivity contribution in [2.75, 3.05) is 13.7 Å². The molecule has 1 aliphatic carbocycles. The summed E-state index contributed by atoms with van der Waals surface area (Å²) >= 11 is 4.52. The Bertz CT molecular complexity index is 998. The Morgan fingerprint density at radius 2 is 1.22 bits per heavy atom. The number of halogens is 1. The fraction of sp³-hybridized carbons (Fsp3) is 0.222. The van der Waals surface area contributed by atoms with Gasteiger partial charge in [0.2, 0.25) is 0 Å². The Hall–Kier alpha value is -2.42. The van der Waals surface area contributed by atoms with Gasteiger partial charge in [-0.25, -0.2) is 0 Å². The normalized spacial score (nSPS) is 15.5. The van der Waals surface area contributed by atoms with Crippen LogP contribution in [0.15, 0.2) is 102 Å². The van der Waals surface area contributed by atoms with E-state index in [1.165, 1.54) is 28.3 Å². The van der Waals surface area contributed by atoms with E-state index in [1.54, 1.807) is 0 Å². The third-order valence-corrected chi connectivity index (χ3v) is 16.5. The number of hydrogen-bond acceptors (Lipinski definition) is 3. The number of rotatable bonds is 7. The molecule has 0 saturated heterocycles. The molecule has 3 aromatic carbocycles. The van der Waals surface area contributed by atoms with Crippen LogP contribution in [0.25, 0.3) is 0 Å². The van der Waals surface area contributed by atoms with Crippen LogP contribution in [0.2, 0.25) is 0 Å². The van der Waals surface area contributed by atoms with Crippen LogP contribution in [0.1, 0.15) is 25.7 Å². The summed E-state index contributed by atoms with van der Waals surface area (Å²) in [4.78, 5) is 11.9. The molecule has 0 radical (unpaired) electrons. The fourth-order valence-electron chi connectivity index (χ4n) is 4.70. The second kappa shape index (κ2) is 9.60. The molecule has 0 atom stereocenters. The van der Waals surface area contributed by atoms with Gasteiger partial charge < -0.3 is 0 Å². The molecular formula is C27H28BrO3P. The molecule has 0 fully saturated rings. The predicted octanol–water partition coefficient (Wildman–Crippen LogP) is 5.80. The van der Waals surface area contributed by atoms with Crippen LogP contribution in [-0.2, 0) is 14.3 Å². The number of hydrogen-bond donors (Lipinski definition) is 0. The molecule has 0 unspecified atom stereocenters. The molecule has 0 heterocycles. The van der Waals surface area contributed by atoms with Crippen LogP contribution < -0.4 is 15.9 Å². The summed E-state index contributed by atoms with van der Waals surface area (Å²) in [7, 11) is 1.39. The number of allylic oxidation sites excluding steroid dienone is 2. The van der Waals surface area contributed by atoms with Gasteiger partial charge in [-0.15, -0.1) is 0 Å². The topological polar surface area (TPSA) is 35.5 Å². The van der Waals surface area contributed by atoms with Gasteiger partial charge in [-0.3, -0.25) is 0 Å². The molecule has 3 nitrogen and oxygen atoms in total. The molecule has 1 aliphatic rings. The molecule has 3 aromatic rings. The Morgan fingerprint density at radius 1 is 0.781 bits per heavy atom. The molecule has 0 spiro atoms. The fourth-order valence-corrected chi connectivity index (χ4v) is 13.2. The Balaban J connectivity index is 2.10. The second-order valence-electron chi connectivity index (χ2n) is 7.96. The zero-order chi connectivity index (χ0) is 22.5. The maximum absolute atomic E-state index is 11.9. The molecule has 0 amide bonds. The second-order valence-corrected chi connectivity index (χ2v) is 16.3. The van der Waals surface area contributed by atoms with Gasteiger partial charge in [-0.2, -0.15) is 0 Å². The summed E-state index contributed by atoms with van der Waals surface area (Å²) in [5.74, 6) is 0.546. The maximum atomic E-state index is 11.9. The first kappa shape index (κ1) is 22.8. The Labute approximate surface area is 198 Å². The first-order valence-electron chi connectivity index (χ1n) is 10.9. The van der Waals surface area contributed by atoms with Gasteiger partial charge in [-0.1, -0.05) is 0 Å². The standard InChI is InChI=1S/C27H28BrO3P/c1-30-27(29)21-31-25-19-11-12-20-26(25)32(28,22-13-5-2-6-14-22,23-15-7-3-8-16-23)24-17-9-4-10-18-24/h2-10,13-18H,11-12,19-21H2,1H3. The molecule has 5 heteroatoms. The quantitative estimate of drug-likeness (QED) is 0.297. The van der Waals surface area contributed by atoms with Crippen molar-refractivity contribution >= 4 is 42.7 Å². The van der Waals surface area contributed by atoms with Crippen molar-refractivity contribution in [2.45, 2.75) is 25.7 Å². The van der Waals surface area contributed by atoms with Gasteiger partial charge in [0.05, 0.1) is 0 Å². The Kier molecular flexibility index (Phi) is 6.83. The Morgan fingerprint density at radius 3 is 1.66 bits per heavy atom. The third kappa shape index (κ3) is 3.80. The van der Waals surface area contributed by atoms with Crippen molar-refractivity contribution in [3.05, 3.63) is 102 Å². The summed E-state index contributed by atoms with van der Waals surface area (Å²) in [5.41, 5.74) is 0. The van der Waals surface area contributed by atoms with Crippen LogP contribution in [0.4, 0.5) is 0 Å². The van der Waals surface area contributed by atoms with Crippen LogP contribution in [0, 0.1) is 0 Å². The molecule has 0 N–H and O–H groups in total. The van der Waals surface area contributed by atoms with E-state index in [1.807, 2.05) is 0 Å². The number of methoxy groups -OCH3 is 1. The van der Waals surface area contributed by atoms with Gasteiger partial charge in [-0.05, 0) is 0 Å². The summed E-state index contributed by atoms with van der Waals surface area (Å²) in [5, 5.41) is 1.67. The van der Waals surface area contributed by atoms with E-state index in [0.717, 1.165) is 31.4 Å². The van der Waals surface area contributed by atoms with Crippen LogP contribution in [0.3, 0.4) is 0 Å². The number of benzene rings is 3. The zero-order valence-corrected chi connectivity index (χ0v) is 20.7. The average Bonchev–Trinajstić information content (AvgIpc) is 2.88. The van der Waals surface area contributed by atoms with E-state index in [2.05, 4.69) is 106 Å². The van der Waals surface area contributed by atoms with Gasteiger partial charge in [0, 0.05) is 0 Å². The minimum absolute atomic E-state index is 0.0762. The van der Waals surface area contributed by atoms with E-state index in [0.29, 0.717) is 0 Å². The first-order valence-corrected chi connectivity index (χ1v) is 15.2.